The van der Waals surface area contributed by atoms with Gasteiger partial charge in [-0.3, -0.25) is 4.79 Å². The zero-order chi connectivity index (χ0) is 13.1. The Labute approximate surface area is 104 Å². The van der Waals surface area contributed by atoms with Crippen molar-refractivity contribution in [2.24, 2.45) is 0 Å². The largest absolute Gasteiger partial charge is 0.491 e. The predicted octanol–water partition coefficient (Wildman–Crippen LogP) is 3.50. The molecule has 0 spiro atoms. The minimum absolute atomic E-state index is 0.0776. The van der Waals surface area contributed by atoms with Gasteiger partial charge >= 0.3 is 0 Å². The standard InChI is InChI=1S/C14H14F2O2/c1-2-18-12-8-7-11(13(15)14(12)16)9-3-5-10(17)6-4-9/h3,7-8H,2,4-6H2,1H3. The Hall–Kier alpha value is -1.71. The normalized spacial score (nSPS) is 15.5. The van der Waals surface area contributed by atoms with E-state index >= 15 is 0 Å². The molecule has 0 atom stereocenters. The van der Waals surface area contributed by atoms with Crippen LogP contribution in [0.15, 0.2) is 18.2 Å². The van der Waals surface area contributed by atoms with Gasteiger partial charge in [0.2, 0.25) is 5.82 Å². The quantitative estimate of drug-likeness (QED) is 0.823. The summed E-state index contributed by atoms with van der Waals surface area (Å²) >= 11 is 0. The number of hydrogen-bond donors (Lipinski definition) is 0. The Morgan fingerprint density at radius 2 is 2.00 bits per heavy atom. The van der Waals surface area contributed by atoms with Gasteiger partial charge in [0.15, 0.2) is 11.6 Å². The van der Waals surface area contributed by atoms with Gasteiger partial charge in [0.05, 0.1) is 6.61 Å². The maximum absolute atomic E-state index is 13.9. The summed E-state index contributed by atoms with van der Waals surface area (Å²) in [5, 5.41) is 0. The first-order valence-corrected chi connectivity index (χ1v) is 5.95. The van der Waals surface area contributed by atoms with E-state index in [1.54, 1.807) is 13.0 Å². The smallest absolute Gasteiger partial charge is 0.201 e. The van der Waals surface area contributed by atoms with Crippen molar-refractivity contribution in [2.75, 3.05) is 6.61 Å². The van der Waals surface area contributed by atoms with E-state index in [1.165, 1.54) is 12.1 Å². The number of hydrogen-bond acceptors (Lipinski definition) is 2. The van der Waals surface area contributed by atoms with Crippen molar-refractivity contribution in [1.82, 2.24) is 0 Å². The van der Waals surface area contributed by atoms with Crippen LogP contribution >= 0.6 is 0 Å². The van der Waals surface area contributed by atoms with Gasteiger partial charge in [-0.05, 0) is 31.1 Å². The number of allylic oxidation sites excluding steroid dienone is 2. The Kier molecular flexibility index (Phi) is 3.75. The van der Waals surface area contributed by atoms with Crippen molar-refractivity contribution in [1.29, 1.82) is 0 Å². The fourth-order valence-electron chi connectivity index (χ4n) is 2.01. The molecule has 0 aromatic heterocycles. The molecule has 1 aromatic rings. The van der Waals surface area contributed by atoms with Crippen LogP contribution in [0.2, 0.25) is 0 Å². The number of carbonyl (C=O) groups excluding carboxylic acids is 1. The lowest BCUT2D eigenvalue weighted by Crippen LogP contribution is -2.06. The molecule has 0 unspecified atom stereocenters. The summed E-state index contributed by atoms with van der Waals surface area (Å²) in [7, 11) is 0. The van der Waals surface area contributed by atoms with Gasteiger partial charge in [-0.1, -0.05) is 6.08 Å². The Morgan fingerprint density at radius 3 is 2.61 bits per heavy atom. The third-order valence-corrected chi connectivity index (χ3v) is 2.94. The molecular weight excluding hydrogens is 238 g/mol. The molecule has 0 bridgehead atoms. The first-order chi connectivity index (χ1) is 8.63. The topological polar surface area (TPSA) is 26.3 Å². The van der Waals surface area contributed by atoms with Crippen molar-refractivity contribution >= 4 is 11.4 Å². The van der Waals surface area contributed by atoms with Gasteiger partial charge in [0.1, 0.15) is 5.78 Å². The van der Waals surface area contributed by atoms with Gasteiger partial charge in [-0.15, -0.1) is 0 Å². The van der Waals surface area contributed by atoms with Crippen LogP contribution < -0.4 is 4.74 Å². The van der Waals surface area contributed by atoms with Crippen LogP contribution in [0.4, 0.5) is 8.78 Å². The zero-order valence-corrected chi connectivity index (χ0v) is 10.1. The number of rotatable bonds is 3. The molecule has 0 heterocycles. The van der Waals surface area contributed by atoms with Crippen molar-refractivity contribution in [3.8, 4) is 5.75 Å². The third-order valence-electron chi connectivity index (χ3n) is 2.94. The monoisotopic (exact) mass is 252 g/mol. The van der Waals surface area contributed by atoms with Gasteiger partial charge in [0.25, 0.3) is 0 Å². The van der Waals surface area contributed by atoms with E-state index in [4.69, 9.17) is 4.74 Å². The highest BCUT2D eigenvalue weighted by atomic mass is 19.2. The van der Waals surface area contributed by atoms with Crippen molar-refractivity contribution in [3.63, 3.8) is 0 Å². The van der Waals surface area contributed by atoms with Gasteiger partial charge in [-0.25, -0.2) is 4.39 Å². The van der Waals surface area contributed by atoms with Crippen LogP contribution in [0.5, 0.6) is 5.75 Å². The lowest BCUT2D eigenvalue weighted by molar-refractivity contribution is -0.118. The zero-order valence-electron chi connectivity index (χ0n) is 10.1. The van der Waals surface area contributed by atoms with Crippen molar-refractivity contribution in [3.05, 3.63) is 35.4 Å². The summed E-state index contributed by atoms with van der Waals surface area (Å²) in [5.41, 5.74) is 0.914. The van der Waals surface area contributed by atoms with Crippen LogP contribution in [-0.4, -0.2) is 12.4 Å². The van der Waals surface area contributed by atoms with E-state index in [0.717, 1.165) is 0 Å². The fourth-order valence-corrected chi connectivity index (χ4v) is 2.01. The molecule has 2 rings (SSSR count). The predicted molar refractivity (Wildman–Crippen MR) is 64.4 cm³/mol. The molecule has 1 aliphatic carbocycles. The first kappa shape index (κ1) is 12.7. The molecule has 0 aliphatic heterocycles. The molecule has 18 heavy (non-hydrogen) atoms. The molecule has 0 radical (unpaired) electrons. The minimum Gasteiger partial charge on any atom is -0.491 e. The van der Waals surface area contributed by atoms with E-state index in [2.05, 4.69) is 0 Å². The average Bonchev–Trinajstić information content (AvgIpc) is 2.37. The Morgan fingerprint density at radius 1 is 1.22 bits per heavy atom. The highest BCUT2D eigenvalue weighted by Gasteiger charge is 2.19. The molecule has 1 aliphatic rings. The SMILES string of the molecule is CCOc1ccc(C2=CCC(=O)CC2)c(F)c1F. The maximum Gasteiger partial charge on any atom is 0.201 e. The summed E-state index contributed by atoms with van der Waals surface area (Å²) in [4.78, 5) is 11.1. The van der Waals surface area contributed by atoms with E-state index < -0.39 is 11.6 Å². The van der Waals surface area contributed by atoms with Crippen LogP contribution in [0.25, 0.3) is 5.57 Å². The molecule has 96 valence electrons. The summed E-state index contributed by atoms with van der Waals surface area (Å²) < 4.78 is 32.6. The van der Waals surface area contributed by atoms with Crippen molar-refractivity contribution in [2.45, 2.75) is 26.2 Å². The third kappa shape index (κ3) is 2.42. The van der Waals surface area contributed by atoms with Crippen LogP contribution in [0.1, 0.15) is 31.7 Å². The summed E-state index contributed by atoms with van der Waals surface area (Å²) in [6, 6.07) is 2.93. The summed E-state index contributed by atoms with van der Waals surface area (Å²) in [5.74, 6) is -1.81. The molecule has 0 N–H and O–H groups in total. The fraction of sp³-hybridized carbons (Fsp3) is 0.357. The second kappa shape index (κ2) is 5.29. The molecule has 0 saturated heterocycles. The maximum atomic E-state index is 13.9. The lowest BCUT2D eigenvalue weighted by atomic mass is 9.92. The second-order valence-electron chi connectivity index (χ2n) is 4.14. The highest BCUT2D eigenvalue weighted by molar-refractivity contribution is 5.87. The lowest BCUT2D eigenvalue weighted by Gasteiger charge is -2.14. The molecular formula is C14H14F2O2. The minimum atomic E-state index is -0.966. The van der Waals surface area contributed by atoms with Crippen LogP contribution in [0.3, 0.4) is 0 Å². The molecule has 1 aromatic carbocycles. The van der Waals surface area contributed by atoms with E-state index in [-0.39, 0.29) is 23.7 Å². The molecule has 0 saturated carbocycles. The average molecular weight is 252 g/mol. The first-order valence-electron chi connectivity index (χ1n) is 5.95. The number of halogens is 2. The molecule has 2 nitrogen and oxygen atoms in total. The van der Waals surface area contributed by atoms with Gasteiger partial charge in [-0.2, -0.15) is 4.39 Å². The molecule has 4 heteroatoms. The summed E-state index contributed by atoms with van der Waals surface area (Å²) in [6.45, 7) is 1.99. The van der Waals surface area contributed by atoms with E-state index in [0.29, 0.717) is 24.8 Å². The molecule has 0 fully saturated rings. The van der Waals surface area contributed by atoms with Gasteiger partial charge < -0.3 is 4.74 Å². The Bertz CT molecular complexity index is 507. The number of Topliss-reactive ketones (excluding diaryl/α,β-unsaturated/α-hetero) is 1. The van der Waals surface area contributed by atoms with Gasteiger partial charge in [0, 0.05) is 18.4 Å². The number of benzene rings is 1. The van der Waals surface area contributed by atoms with E-state index in [1.807, 2.05) is 0 Å². The van der Waals surface area contributed by atoms with Crippen LogP contribution in [-0.2, 0) is 4.79 Å². The van der Waals surface area contributed by atoms with Crippen LogP contribution in [0, 0.1) is 11.6 Å². The number of ether oxygens (including phenoxy) is 1. The van der Waals surface area contributed by atoms with E-state index in [9.17, 15) is 13.6 Å². The number of ketones is 1. The highest BCUT2D eigenvalue weighted by Crippen LogP contribution is 2.31. The van der Waals surface area contributed by atoms with Crippen molar-refractivity contribution < 1.29 is 18.3 Å². The molecule has 0 amide bonds. The second-order valence-corrected chi connectivity index (χ2v) is 4.14. The Balaban J connectivity index is 2.35. The summed E-state index contributed by atoms with van der Waals surface area (Å²) in [6.07, 6.45) is 2.82. The number of carbonyl (C=O) groups is 1.